The molecule has 0 bridgehead atoms. The molecule has 0 N–H and O–H groups in total. The molecule has 6 heteroatoms. The van der Waals surface area contributed by atoms with E-state index in [1.165, 1.54) is 10.2 Å². The van der Waals surface area contributed by atoms with Gasteiger partial charge in [0.05, 0.1) is 11.4 Å². The van der Waals surface area contributed by atoms with Crippen LogP contribution in [-0.2, 0) is 10.0 Å². The Morgan fingerprint density at radius 2 is 1.81 bits per heavy atom. The first-order valence-corrected chi connectivity index (χ1v) is 10.4. The van der Waals surface area contributed by atoms with E-state index in [2.05, 4.69) is 37.7 Å². The molecule has 0 amide bonds. The lowest BCUT2D eigenvalue weighted by molar-refractivity contribution is 0.339. The zero-order valence-corrected chi connectivity index (χ0v) is 17.2. The molecule has 0 radical (unpaired) electrons. The van der Waals surface area contributed by atoms with E-state index < -0.39 is 10.0 Å². The largest absolute Gasteiger partial charge is 0.269 e. The van der Waals surface area contributed by atoms with Crippen LogP contribution in [0.1, 0.15) is 44.7 Å². The second-order valence-corrected chi connectivity index (χ2v) is 9.72. The Balaban J connectivity index is 2.27. The van der Waals surface area contributed by atoms with E-state index in [0.717, 1.165) is 11.1 Å². The van der Waals surface area contributed by atoms with Crippen LogP contribution >= 0.6 is 0 Å². The van der Waals surface area contributed by atoms with E-state index in [1.54, 1.807) is 30.7 Å². The molecule has 0 aliphatic heterocycles. The maximum absolute atomic E-state index is 13.3. The van der Waals surface area contributed by atoms with Crippen molar-refractivity contribution in [1.29, 1.82) is 0 Å². The van der Waals surface area contributed by atoms with Gasteiger partial charge in [0.15, 0.2) is 0 Å². The van der Waals surface area contributed by atoms with E-state index in [0.29, 0.717) is 11.4 Å². The predicted molar refractivity (Wildman–Crippen MR) is 107 cm³/mol. The highest BCUT2D eigenvalue weighted by Gasteiger charge is 2.28. The number of hydrogen-bond donors (Lipinski definition) is 0. The van der Waals surface area contributed by atoms with Crippen molar-refractivity contribution in [2.24, 2.45) is 5.41 Å². The van der Waals surface area contributed by atoms with E-state index in [-0.39, 0.29) is 16.2 Å². The number of aromatic nitrogens is 3. The topological polar surface area (TPSA) is 64.8 Å². The maximum atomic E-state index is 13.3. The van der Waals surface area contributed by atoms with Crippen molar-refractivity contribution in [3.8, 4) is 11.4 Å². The number of rotatable bonds is 4. The van der Waals surface area contributed by atoms with E-state index in [4.69, 9.17) is 0 Å². The SMILES string of the molecule is Cc1cccnc1-c1cc(C(C)C(C)(C)C)cn1S(=O)(=O)c1cccnc1. The number of pyridine rings is 2. The average Bonchev–Trinajstić information content (AvgIpc) is 3.07. The summed E-state index contributed by atoms with van der Waals surface area (Å²) in [5, 5.41) is 0. The molecule has 0 spiro atoms. The molecule has 1 unspecified atom stereocenters. The Bertz CT molecular complexity index is 1050. The summed E-state index contributed by atoms with van der Waals surface area (Å²) in [5.41, 5.74) is 3.13. The molecule has 1 atom stereocenters. The van der Waals surface area contributed by atoms with Crippen molar-refractivity contribution in [3.63, 3.8) is 0 Å². The second kappa shape index (κ2) is 6.93. The van der Waals surface area contributed by atoms with Gasteiger partial charge in [-0.05, 0) is 53.6 Å². The maximum Gasteiger partial charge on any atom is 0.269 e. The van der Waals surface area contributed by atoms with Crippen molar-refractivity contribution >= 4 is 10.0 Å². The molecule has 3 rings (SSSR count). The van der Waals surface area contributed by atoms with Gasteiger partial charge in [-0.3, -0.25) is 9.97 Å². The van der Waals surface area contributed by atoms with Crippen LogP contribution in [0, 0.1) is 12.3 Å². The van der Waals surface area contributed by atoms with Gasteiger partial charge in [-0.15, -0.1) is 0 Å². The highest BCUT2D eigenvalue weighted by molar-refractivity contribution is 7.90. The van der Waals surface area contributed by atoms with Gasteiger partial charge in [-0.2, -0.15) is 0 Å². The lowest BCUT2D eigenvalue weighted by Crippen LogP contribution is -2.16. The Hall–Kier alpha value is -2.47. The molecule has 0 saturated carbocycles. The van der Waals surface area contributed by atoms with Crippen LogP contribution in [0.15, 0.2) is 60.0 Å². The normalized spacial score (nSPS) is 13.5. The zero-order valence-electron chi connectivity index (χ0n) is 16.3. The fraction of sp³-hybridized carbons (Fsp3) is 0.333. The lowest BCUT2D eigenvalue weighted by Gasteiger charge is -2.26. The van der Waals surface area contributed by atoms with Gasteiger partial charge < -0.3 is 0 Å². The molecule has 0 fully saturated rings. The highest BCUT2D eigenvalue weighted by Crippen LogP contribution is 2.38. The summed E-state index contributed by atoms with van der Waals surface area (Å²) in [6, 6.07) is 8.91. The summed E-state index contributed by atoms with van der Waals surface area (Å²) in [6.07, 6.45) is 6.34. The van der Waals surface area contributed by atoms with Gasteiger partial charge in [0.2, 0.25) is 0 Å². The summed E-state index contributed by atoms with van der Waals surface area (Å²) in [7, 11) is -3.78. The molecule has 3 aromatic heterocycles. The van der Waals surface area contributed by atoms with Crippen LogP contribution in [0.4, 0.5) is 0 Å². The summed E-state index contributed by atoms with van der Waals surface area (Å²) < 4.78 is 28.0. The van der Waals surface area contributed by atoms with E-state index in [9.17, 15) is 8.42 Å². The van der Waals surface area contributed by atoms with Crippen LogP contribution < -0.4 is 0 Å². The predicted octanol–water partition coefficient (Wildman–Crippen LogP) is 4.64. The standard InChI is InChI=1S/C21H25N3O2S/c1-15-8-6-11-23-20(15)19-12-17(16(2)21(3,4)5)14-24(19)27(25,26)18-9-7-10-22-13-18/h6-14,16H,1-5H3. The first-order valence-electron chi connectivity index (χ1n) is 8.92. The van der Waals surface area contributed by atoms with Crippen molar-refractivity contribution in [2.45, 2.75) is 45.4 Å². The molecule has 3 aromatic rings. The van der Waals surface area contributed by atoms with Crippen LogP contribution in [0.2, 0.25) is 0 Å². The summed E-state index contributed by atoms with van der Waals surface area (Å²) in [6.45, 7) is 10.5. The third-order valence-electron chi connectivity index (χ3n) is 5.05. The molecule has 3 heterocycles. The fourth-order valence-electron chi connectivity index (χ4n) is 2.94. The van der Waals surface area contributed by atoms with E-state index >= 15 is 0 Å². The van der Waals surface area contributed by atoms with Gasteiger partial charge in [-0.1, -0.05) is 33.8 Å². The van der Waals surface area contributed by atoms with E-state index in [1.807, 2.05) is 25.1 Å². The second-order valence-electron chi connectivity index (χ2n) is 7.90. The highest BCUT2D eigenvalue weighted by atomic mass is 32.2. The molecule has 5 nitrogen and oxygen atoms in total. The van der Waals surface area contributed by atoms with Gasteiger partial charge in [-0.25, -0.2) is 12.4 Å². The van der Waals surface area contributed by atoms with Gasteiger partial charge in [0, 0.05) is 24.8 Å². The zero-order chi connectivity index (χ0) is 19.8. The Morgan fingerprint density at radius 1 is 1.11 bits per heavy atom. The van der Waals surface area contributed by atoms with Crippen molar-refractivity contribution in [3.05, 3.63) is 66.2 Å². The third kappa shape index (κ3) is 3.67. The number of aryl methyl sites for hydroxylation is 1. The summed E-state index contributed by atoms with van der Waals surface area (Å²) in [5.74, 6) is 0.172. The van der Waals surface area contributed by atoms with Gasteiger partial charge >= 0.3 is 0 Å². The summed E-state index contributed by atoms with van der Waals surface area (Å²) in [4.78, 5) is 8.58. The molecular formula is C21H25N3O2S. The molecule has 0 saturated heterocycles. The van der Waals surface area contributed by atoms with Gasteiger partial charge in [0.1, 0.15) is 4.90 Å². The minimum Gasteiger partial charge on any atom is -0.263 e. The Labute approximate surface area is 161 Å². The minimum absolute atomic E-state index is 0.000673. The summed E-state index contributed by atoms with van der Waals surface area (Å²) >= 11 is 0. The van der Waals surface area contributed by atoms with Gasteiger partial charge in [0.25, 0.3) is 10.0 Å². The fourth-order valence-corrected chi connectivity index (χ4v) is 4.27. The minimum atomic E-state index is -3.78. The van der Waals surface area contributed by atoms with Crippen LogP contribution in [0.25, 0.3) is 11.4 Å². The Kier molecular flexibility index (Phi) is 4.95. The molecule has 0 aliphatic rings. The smallest absolute Gasteiger partial charge is 0.263 e. The monoisotopic (exact) mass is 383 g/mol. The van der Waals surface area contributed by atoms with Crippen LogP contribution in [0.5, 0.6) is 0 Å². The molecule has 0 aliphatic carbocycles. The van der Waals surface area contributed by atoms with Crippen molar-refractivity contribution in [2.75, 3.05) is 0 Å². The van der Waals surface area contributed by atoms with Crippen LogP contribution in [-0.4, -0.2) is 22.4 Å². The lowest BCUT2D eigenvalue weighted by atomic mass is 9.79. The third-order valence-corrected chi connectivity index (χ3v) is 6.71. The molecule has 27 heavy (non-hydrogen) atoms. The van der Waals surface area contributed by atoms with Crippen molar-refractivity contribution in [1.82, 2.24) is 13.9 Å². The number of hydrogen-bond acceptors (Lipinski definition) is 4. The quantitative estimate of drug-likeness (QED) is 0.658. The molecule has 0 aromatic carbocycles. The first kappa shape index (κ1) is 19.3. The molecular weight excluding hydrogens is 358 g/mol. The van der Waals surface area contributed by atoms with Crippen molar-refractivity contribution < 1.29 is 8.42 Å². The number of nitrogens with zero attached hydrogens (tertiary/aromatic N) is 3. The molecule has 142 valence electrons. The first-order chi connectivity index (χ1) is 12.6. The average molecular weight is 384 g/mol. The Morgan fingerprint density at radius 3 is 2.41 bits per heavy atom. The van der Waals surface area contributed by atoms with Crippen LogP contribution in [0.3, 0.4) is 0 Å².